The van der Waals surface area contributed by atoms with Gasteiger partial charge in [-0.3, -0.25) is 4.79 Å². The number of benzene rings is 1. The number of hydrogen-bond acceptors (Lipinski definition) is 5. The molecule has 1 N–H and O–H groups in total. The van der Waals surface area contributed by atoms with Crippen LogP contribution in [-0.4, -0.2) is 43.5 Å². The van der Waals surface area contributed by atoms with E-state index in [0.29, 0.717) is 5.13 Å². The van der Waals surface area contributed by atoms with Crippen LogP contribution in [0.25, 0.3) is 11.3 Å². The molecule has 1 aromatic heterocycles. The molecule has 1 amide bonds. The lowest BCUT2D eigenvalue weighted by Crippen LogP contribution is -2.34. The van der Waals surface area contributed by atoms with Crippen molar-refractivity contribution in [3.8, 4) is 11.3 Å². The van der Waals surface area contributed by atoms with Gasteiger partial charge in [0, 0.05) is 18.0 Å². The number of amides is 1. The normalized spacial score (nSPS) is 11.8. The molecule has 0 aliphatic rings. The topological polar surface area (TPSA) is 79.4 Å². The van der Waals surface area contributed by atoms with Crippen molar-refractivity contribution in [2.75, 3.05) is 25.2 Å². The van der Waals surface area contributed by atoms with Gasteiger partial charge < -0.3 is 5.32 Å². The van der Waals surface area contributed by atoms with E-state index in [1.807, 2.05) is 19.2 Å². The Morgan fingerprint density at radius 2 is 1.83 bits per heavy atom. The van der Waals surface area contributed by atoms with Gasteiger partial charge in [0.25, 0.3) is 0 Å². The number of nitrogens with one attached hydrogen (secondary N) is 1. The van der Waals surface area contributed by atoms with E-state index in [1.54, 1.807) is 0 Å². The smallest absolute Gasteiger partial charge is 0.241 e. The molecule has 0 unspecified atom stereocenters. The molecule has 0 radical (unpaired) electrons. The third-order valence-corrected chi connectivity index (χ3v) is 5.82. The van der Waals surface area contributed by atoms with Gasteiger partial charge in [-0.25, -0.2) is 13.4 Å². The van der Waals surface area contributed by atoms with Gasteiger partial charge in [-0.2, -0.15) is 4.31 Å². The summed E-state index contributed by atoms with van der Waals surface area (Å²) in [6.07, 6.45) is 1.06. The molecule has 8 heteroatoms. The van der Waals surface area contributed by atoms with Gasteiger partial charge in [-0.1, -0.05) is 6.07 Å². The molecule has 0 bridgehead atoms. The molecule has 0 aliphatic carbocycles. The van der Waals surface area contributed by atoms with Crippen LogP contribution in [-0.2, 0) is 14.8 Å². The molecule has 2 aromatic rings. The van der Waals surface area contributed by atoms with Gasteiger partial charge in [0.15, 0.2) is 5.13 Å². The van der Waals surface area contributed by atoms with Crippen LogP contribution < -0.4 is 5.32 Å². The average molecular weight is 367 g/mol. The quantitative estimate of drug-likeness (QED) is 0.881. The van der Waals surface area contributed by atoms with Crippen LogP contribution in [0.3, 0.4) is 0 Å². The van der Waals surface area contributed by atoms with Crippen LogP contribution in [0.15, 0.2) is 17.5 Å². The SMILES string of the molecule is Cc1cc(C)c(-c2csc(NC(=O)CN(C)S(C)(=O)=O)n2)cc1C. The van der Waals surface area contributed by atoms with E-state index in [-0.39, 0.29) is 6.54 Å². The molecule has 6 nitrogen and oxygen atoms in total. The van der Waals surface area contributed by atoms with Gasteiger partial charge in [0.2, 0.25) is 15.9 Å². The standard InChI is InChI=1S/C16H21N3O3S2/c1-10-6-12(3)13(7-11(10)2)14-9-23-16(17-14)18-15(20)8-19(4)24(5,21)22/h6-7,9H,8H2,1-5H3,(H,17,18,20). The molecule has 0 fully saturated rings. The zero-order chi connectivity index (χ0) is 18.1. The molecule has 0 atom stereocenters. The molecular weight excluding hydrogens is 346 g/mol. The first-order valence-electron chi connectivity index (χ1n) is 7.33. The molecule has 130 valence electrons. The Morgan fingerprint density at radius 3 is 2.46 bits per heavy atom. The third kappa shape index (κ3) is 4.40. The zero-order valence-corrected chi connectivity index (χ0v) is 16.0. The van der Waals surface area contributed by atoms with E-state index in [0.717, 1.165) is 27.4 Å². The highest BCUT2D eigenvalue weighted by Crippen LogP contribution is 2.29. The van der Waals surface area contributed by atoms with Gasteiger partial charge in [0.05, 0.1) is 18.5 Å². The second-order valence-electron chi connectivity index (χ2n) is 5.86. The number of carbonyl (C=O) groups is 1. The first-order chi connectivity index (χ1) is 11.1. The Balaban J connectivity index is 2.14. The zero-order valence-electron chi connectivity index (χ0n) is 14.4. The first kappa shape index (κ1) is 18.6. The number of sulfonamides is 1. The van der Waals surface area contributed by atoms with E-state index in [4.69, 9.17) is 0 Å². The van der Waals surface area contributed by atoms with Gasteiger partial charge >= 0.3 is 0 Å². The minimum atomic E-state index is -3.39. The van der Waals surface area contributed by atoms with Crippen molar-refractivity contribution in [1.29, 1.82) is 0 Å². The highest BCUT2D eigenvalue weighted by Gasteiger charge is 2.16. The lowest BCUT2D eigenvalue weighted by molar-refractivity contribution is -0.116. The van der Waals surface area contributed by atoms with Gasteiger partial charge in [0.1, 0.15) is 0 Å². The summed E-state index contributed by atoms with van der Waals surface area (Å²) in [6.45, 7) is 5.91. The predicted molar refractivity (Wildman–Crippen MR) is 97.9 cm³/mol. The Labute approximate surface area is 146 Å². The summed E-state index contributed by atoms with van der Waals surface area (Å²) in [6, 6.07) is 4.20. The lowest BCUT2D eigenvalue weighted by atomic mass is 9.99. The summed E-state index contributed by atoms with van der Waals surface area (Å²) < 4.78 is 23.7. The van der Waals surface area contributed by atoms with Crippen LogP contribution in [0.4, 0.5) is 5.13 Å². The Kier molecular flexibility index (Phi) is 5.42. The van der Waals surface area contributed by atoms with Crippen LogP contribution in [0.1, 0.15) is 16.7 Å². The highest BCUT2D eigenvalue weighted by atomic mass is 32.2. The van der Waals surface area contributed by atoms with Crippen molar-refractivity contribution in [2.24, 2.45) is 0 Å². The number of hydrogen-bond donors (Lipinski definition) is 1. The molecular formula is C16H21N3O3S2. The summed E-state index contributed by atoms with van der Waals surface area (Å²) in [5, 5.41) is 4.98. The van der Waals surface area contributed by atoms with Crippen molar-refractivity contribution in [3.63, 3.8) is 0 Å². The maximum atomic E-state index is 11.9. The number of thiazole rings is 1. The van der Waals surface area contributed by atoms with Crippen LogP contribution >= 0.6 is 11.3 Å². The molecule has 0 spiro atoms. The monoisotopic (exact) mass is 367 g/mol. The van der Waals surface area contributed by atoms with Crippen molar-refractivity contribution in [2.45, 2.75) is 20.8 Å². The number of aromatic nitrogens is 1. The Morgan fingerprint density at radius 1 is 1.21 bits per heavy atom. The fraction of sp³-hybridized carbons (Fsp3) is 0.375. The van der Waals surface area contributed by atoms with E-state index < -0.39 is 15.9 Å². The maximum absolute atomic E-state index is 11.9. The lowest BCUT2D eigenvalue weighted by Gasteiger charge is -2.12. The molecule has 2 rings (SSSR count). The molecule has 1 heterocycles. The van der Waals surface area contributed by atoms with Gasteiger partial charge in [-0.15, -0.1) is 11.3 Å². The second-order valence-corrected chi connectivity index (χ2v) is 8.80. The minimum Gasteiger partial charge on any atom is -0.301 e. The maximum Gasteiger partial charge on any atom is 0.241 e. The van der Waals surface area contributed by atoms with E-state index >= 15 is 0 Å². The molecule has 0 saturated heterocycles. The van der Waals surface area contributed by atoms with Gasteiger partial charge in [-0.05, 0) is 43.5 Å². The summed E-state index contributed by atoms with van der Waals surface area (Å²) in [7, 11) is -2.03. The number of nitrogens with zero attached hydrogens (tertiary/aromatic N) is 2. The van der Waals surface area contributed by atoms with Crippen molar-refractivity contribution in [1.82, 2.24) is 9.29 Å². The summed E-state index contributed by atoms with van der Waals surface area (Å²) >= 11 is 1.32. The summed E-state index contributed by atoms with van der Waals surface area (Å²) in [5.74, 6) is -0.416. The number of rotatable bonds is 5. The highest BCUT2D eigenvalue weighted by molar-refractivity contribution is 7.88. The summed E-state index contributed by atoms with van der Waals surface area (Å²) in [4.78, 5) is 16.4. The first-order valence-corrected chi connectivity index (χ1v) is 10.1. The number of carbonyl (C=O) groups excluding carboxylic acids is 1. The van der Waals surface area contributed by atoms with Crippen LogP contribution in [0.5, 0.6) is 0 Å². The van der Waals surface area contributed by atoms with Crippen molar-refractivity contribution >= 4 is 32.4 Å². The molecule has 1 aromatic carbocycles. The molecule has 24 heavy (non-hydrogen) atoms. The fourth-order valence-electron chi connectivity index (χ4n) is 2.17. The molecule has 0 aliphatic heterocycles. The molecule has 0 saturated carbocycles. The Bertz CT molecular complexity index is 873. The van der Waals surface area contributed by atoms with Crippen molar-refractivity contribution in [3.05, 3.63) is 34.2 Å². The largest absolute Gasteiger partial charge is 0.301 e. The number of aryl methyl sites for hydroxylation is 3. The second kappa shape index (κ2) is 7.00. The van der Waals surface area contributed by atoms with Crippen molar-refractivity contribution < 1.29 is 13.2 Å². The average Bonchev–Trinajstić information content (AvgIpc) is 2.89. The fourth-order valence-corrected chi connectivity index (χ4v) is 3.25. The third-order valence-electron chi connectivity index (χ3n) is 3.80. The Hall–Kier alpha value is -1.77. The van der Waals surface area contributed by atoms with E-state index in [9.17, 15) is 13.2 Å². The van der Waals surface area contributed by atoms with Crippen LogP contribution in [0, 0.1) is 20.8 Å². The predicted octanol–water partition coefficient (Wildman–Crippen LogP) is 2.57. The van der Waals surface area contributed by atoms with E-state index in [2.05, 4.69) is 29.4 Å². The van der Waals surface area contributed by atoms with Crippen LogP contribution in [0.2, 0.25) is 0 Å². The minimum absolute atomic E-state index is 0.240. The van der Waals surface area contributed by atoms with E-state index in [1.165, 1.54) is 29.5 Å². The number of likely N-dealkylation sites (N-methyl/N-ethyl adjacent to an activating group) is 1. The summed E-state index contributed by atoms with van der Waals surface area (Å²) in [5.41, 5.74) is 5.36. The number of anilines is 1.